The van der Waals surface area contributed by atoms with Crippen molar-refractivity contribution in [1.82, 2.24) is 19.8 Å². The van der Waals surface area contributed by atoms with E-state index in [0.29, 0.717) is 24.8 Å². The fourth-order valence-corrected chi connectivity index (χ4v) is 11.8. The molecule has 55 heavy (non-hydrogen) atoms. The number of hydrogen-bond donors (Lipinski definition) is 5. The number of phenolic OH excluding ortho intramolecular Hbond substituents is 2. The van der Waals surface area contributed by atoms with Crippen molar-refractivity contribution < 1.29 is 39.1 Å². The molecular weight excluding hydrogens is 700 g/mol. The predicted octanol–water partition coefficient (Wildman–Crippen LogP) is 5.93. The fourth-order valence-electron chi connectivity index (χ4n) is 11.8. The summed E-state index contributed by atoms with van der Waals surface area (Å²) in [4.78, 5) is 38.8. The van der Waals surface area contributed by atoms with Gasteiger partial charge in [0.1, 0.15) is 11.5 Å². The van der Waals surface area contributed by atoms with Gasteiger partial charge in [-0.2, -0.15) is 0 Å². The molecule has 9 unspecified atom stereocenters. The molecule has 0 spiro atoms. The van der Waals surface area contributed by atoms with Crippen LogP contribution < -0.4 is 0 Å². The van der Waals surface area contributed by atoms with Crippen LogP contribution in [0.4, 0.5) is 0 Å². The van der Waals surface area contributed by atoms with Crippen molar-refractivity contribution in [1.29, 1.82) is 0 Å². The number of carbonyl (C=O) groups excluding carboxylic acids is 2. The van der Waals surface area contributed by atoms with Gasteiger partial charge in [0.15, 0.2) is 0 Å². The molecule has 9 rings (SSSR count). The first kappa shape index (κ1) is 36.1. The Bertz CT molecular complexity index is 2190. The lowest BCUT2D eigenvalue weighted by molar-refractivity contribution is -0.163. The second-order valence-corrected chi connectivity index (χ2v) is 16.4. The maximum atomic E-state index is 13.4. The number of aliphatic hydroxyl groups excluding tert-OH is 1. The number of fused-ring (bicyclic) bond motifs is 11. The van der Waals surface area contributed by atoms with Crippen molar-refractivity contribution in [3.8, 4) is 11.5 Å². The third-order valence-electron chi connectivity index (χ3n) is 14.2. The number of nitrogens with zero attached hydrogens (tertiary/aromatic N) is 2. The van der Waals surface area contributed by atoms with Crippen molar-refractivity contribution >= 4 is 33.7 Å². The second kappa shape index (κ2) is 13.9. The monoisotopic (exact) mass is 752 g/mol. The number of esters is 2. The molecule has 0 radical (unpaired) electrons. The van der Waals surface area contributed by atoms with E-state index in [4.69, 9.17) is 14.2 Å². The Morgan fingerprint density at radius 1 is 0.891 bits per heavy atom. The van der Waals surface area contributed by atoms with Crippen LogP contribution in [-0.2, 0) is 36.6 Å². The molecule has 2 aromatic heterocycles. The van der Waals surface area contributed by atoms with E-state index in [1.807, 2.05) is 12.1 Å². The third kappa shape index (κ3) is 5.49. The third-order valence-corrected chi connectivity index (χ3v) is 14.2. The molecule has 5 N–H and O–H groups in total. The number of carbonyl (C=O) groups is 2. The largest absolute Gasteiger partial charge is 0.507 e. The van der Waals surface area contributed by atoms with E-state index >= 15 is 0 Å². The number of rotatable bonds is 6. The van der Waals surface area contributed by atoms with E-state index in [1.165, 1.54) is 14.2 Å². The molecule has 12 heteroatoms. The van der Waals surface area contributed by atoms with Crippen LogP contribution in [0.3, 0.4) is 0 Å². The van der Waals surface area contributed by atoms with E-state index in [9.17, 15) is 24.9 Å². The lowest BCUT2D eigenvalue weighted by atomic mass is 9.61. The van der Waals surface area contributed by atoms with Crippen LogP contribution in [-0.4, -0.2) is 94.1 Å². The number of aliphatic hydroxyl groups is 1. The molecule has 1 aliphatic carbocycles. The van der Waals surface area contributed by atoms with Gasteiger partial charge in [-0.05, 0) is 91.5 Å². The highest BCUT2D eigenvalue weighted by Gasteiger charge is 2.55. The quantitative estimate of drug-likeness (QED) is 0.0908. The Hall–Kier alpha value is -4.52. The summed E-state index contributed by atoms with van der Waals surface area (Å²) in [5.74, 6) is -0.895. The molecule has 12 nitrogen and oxygen atoms in total. The SMILES string of the molecule is CCC1CN2CCc3c([nH]c4ccc(C5C6CCC(O)C(C(=O)OC)C6CC6c7[nH]c8cccc(O)c8c7CCN65)c(O)c34)C2CC1C(=COC)C(=O)OC. The Labute approximate surface area is 320 Å². The van der Waals surface area contributed by atoms with Gasteiger partial charge >= 0.3 is 11.9 Å². The summed E-state index contributed by atoms with van der Waals surface area (Å²) in [7, 11) is 4.36. The number of methoxy groups -OCH3 is 3. The second-order valence-electron chi connectivity index (χ2n) is 16.4. The molecule has 0 amide bonds. The Kier molecular flexibility index (Phi) is 9.13. The molecule has 4 aromatic rings. The summed E-state index contributed by atoms with van der Waals surface area (Å²) in [6.07, 6.45) is 5.72. The number of phenols is 2. The number of ether oxygens (including phenoxy) is 3. The average molecular weight is 753 g/mol. The molecule has 6 heterocycles. The number of benzene rings is 2. The Balaban J connectivity index is 1.15. The zero-order chi connectivity index (χ0) is 38.3. The zero-order valence-corrected chi connectivity index (χ0v) is 32.0. The minimum atomic E-state index is -0.809. The molecule has 5 aliphatic rings. The molecular formula is C43H52N4O8. The zero-order valence-electron chi connectivity index (χ0n) is 32.0. The molecule has 4 aliphatic heterocycles. The maximum absolute atomic E-state index is 13.4. The normalized spacial score (nSPS) is 30.9. The number of hydrogen-bond acceptors (Lipinski definition) is 10. The van der Waals surface area contributed by atoms with E-state index < -0.39 is 18.0 Å². The van der Waals surface area contributed by atoms with Gasteiger partial charge < -0.3 is 39.5 Å². The summed E-state index contributed by atoms with van der Waals surface area (Å²) in [6.45, 7) is 4.58. The van der Waals surface area contributed by atoms with Gasteiger partial charge in [0.25, 0.3) is 0 Å². The number of piperidine rings is 2. The fraction of sp³-hybridized carbons (Fsp3) is 0.535. The van der Waals surface area contributed by atoms with Gasteiger partial charge in [0, 0.05) is 64.4 Å². The van der Waals surface area contributed by atoms with Crippen LogP contribution in [0.5, 0.6) is 11.5 Å². The summed E-state index contributed by atoms with van der Waals surface area (Å²) in [5, 5.41) is 36.5. The number of aromatic amines is 2. The standard InChI is InChI=1S/C43H52N4O8/c1-5-21-19-46-15-13-24-36-30(45-38(24)31(46)17-26(21)28(20-53-2)42(51)54-3)11-9-25(41(36)50)40-22-10-12-34(49)37(43(52)55-4)27(22)18-32-39-23(14-16-47(32)40)35-29(44-39)7-6-8-33(35)48/h6-9,11,20-22,26-27,31-32,34,37,40,44-45,48-50H,5,10,12-19H2,1-4H3. The van der Waals surface area contributed by atoms with Gasteiger partial charge in [-0.25, -0.2) is 4.79 Å². The number of H-pyrrole nitrogens is 2. The Morgan fingerprint density at radius 2 is 1.64 bits per heavy atom. The van der Waals surface area contributed by atoms with Crippen molar-refractivity contribution in [2.75, 3.05) is 41.0 Å². The van der Waals surface area contributed by atoms with Crippen LogP contribution in [0, 0.1) is 29.6 Å². The minimum absolute atomic E-state index is 0.00825. The van der Waals surface area contributed by atoms with E-state index in [1.54, 1.807) is 19.4 Å². The first-order valence-corrected chi connectivity index (χ1v) is 19.9. The van der Waals surface area contributed by atoms with Crippen molar-refractivity contribution in [2.45, 2.75) is 76.1 Å². The lowest BCUT2D eigenvalue weighted by Crippen LogP contribution is -2.54. The first-order valence-electron chi connectivity index (χ1n) is 19.9. The Morgan fingerprint density at radius 3 is 2.38 bits per heavy atom. The molecule has 1 saturated carbocycles. The smallest absolute Gasteiger partial charge is 0.337 e. The highest BCUT2D eigenvalue weighted by atomic mass is 16.5. The molecule has 9 atom stereocenters. The minimum Gasteiger partial charge on any atom is -0.507 e. The molecule has 2 aromatic carbocycles. The molecule has 292 valence electrons. The van der Waals surface area contributed by atoms with Crippen LogP contribution >= 0.6 is 0 Å². The molecule has 3 fully saturated rings. The maximum Gasteiger partial charge on any atom is 0.337 e. The first-order chi connectivity index (χ1) is 26.7. The summed E-state index contributed by atoms with van der Waals surface area (Å²) < 4.78 is 15.9. The number of aromatic nitrogens is 2. The van der Waals surface area contributed by atoms with Crippen LogP contribution in [0.25, 0.3) is 21.8 Å². The highest BCUT2D eigenvalue weighted by Crippen LogP contribution is 2.59. The van der Waals surface area contributed by atoms with E-state index in [0.717, 1.165) is 95.2 Å². The average Bonchev–Trinajstić information content (AvgIpc) is 3.78. The highest BCUT2D eigenvalue weighted by molar-refractivity contribution is 5.93. The van der Waals surface area contributed by atoms with Gasteiger partial charge in [-0.1, -0.05) is 25.5 Å². The van der Waals surface area contributed by atoms with Crippen LogP contribution in [0.1, 0.15) is 85.2 Å². The number of aromatic hydroxyl groups is 2. The van der Waals surface area contributed by atoms with Gasteiger partial charge in [0.05, 0.1) is 57.3 Å². The molecule has 2 saturated heterocycles. The topological polar surface area (TPSA) is 161 Å². The van der Waals surface area contributed by atoms with Crippen molar-refractivity contribution in [3.63, 3.8) is 0 Å². The summed E-state index contributed by atoms with van der Waals surface area (Å²) in [5.41, 5.74) is 7.47. The van der Waals surface area contributed by atoms with Gasteiger partial charge in [-0.3, -0.25) is 14.6 Å². The van der Waals surface area contributed by atoms with E-state index in [2.05, 4.69) is 38.8 Å². The summed E-state index contributed by atoms with van der Waals surface area (Å²) >= 11 is 0. The van der Waals surface area contributed by atoms with Gasteiger partial charge in [-0.15, -0.1) is 0 Å². The van der Waals surface area contributed by atoms with Crippen molar-refractivity contribution in [2.24, 2.45) is 29.6 Å². The lowest BCUT2D eigenvalue weighted by Gasteiger charge is -2.55. The van der Waals surface area contributed by atoms with Gasteiger partial charge in [0.2, 0.25) is 0 Å². The number of nitrogens with one attached hydrogen (secondary N) is 2. The van der Waals surface area contributed by atoms with Crippen LogP contribution in [0.2, 0.25) is 0 Å². The molecule has 0 bridgehead atoms. The van der Waals surface area contributed by atoms with E-state index in [-0.39, 0.29) is 59.3 Å². The van der Waals surface area contributed by atoms with Crippen LogP contribution in [0.15, 0.2) is 42.2 Å². The predicted molar refractivity (Wildman–Crippen MR) is 205 cm³/mol. The summed E-state index contributed by atoms with van der Waals surface area (Å²) in [6, 6.07) is 9.38. The van der Waals surface area contributed by atoms with Crippen molar-refractivity contribution in [3.05, 3.63) is 70.2 Å².